The third kappa shape index (κ3) is 1.44. The molecular formula is C11H17NO3. The molecule has 2 saturated heterocycles. The van der Waals surface area contributed by atoms with Crippen LogP contribution in [-0.4, -0.2) is 40.8 Å². The average Bonchev–Trinajstić information content (AvgIpc) is 2.66. The molecule has 2 atom stereocenters. The Morgan fingerprint density at radius 2 is 2.53 bits per heavy atom. The van der Waals surface area contributed by atoms with Crippen molar-refractivity contribution < 1.29 is 14.6 Å². The van der Waals surface area contributed by atoms with Crippen molar-refractivity contribution in [3.8, 4) is 0 Å². The van der Waals surface area contributed by atoms with Gasteiger partial charge in [-0.3, -0.25) is 0 Å². The Morgan fingerprint density at radius 1 is 1.80 bits per heavy atom. The summed E-state index contributed by atoms with van der Waals surface area (Å²) in [4.78, 5) is 13.8. The molecule has 0 aromatic carbocycles. The molecule has 0 radical (unpaired) electrons. The number of aliphatic hydroxyl groups excluding tert-OH is 1. The summed E-state index contributed by atoms with van der Waals surface area (Å²) >= 11 is 0. The minimum absolute atomic E-state index is 0.208. The van der Waals surface area contributed by atoms with Crippen LogP contribution >= 0.6 is 0 Å². The van der Waals surface area contributed by atoms with Gasteiger partial charge < -0.3 is 14.7 Å². The Hall–Kier alpha value is -1.03. The van der Waals surface area contributed by atoms with E-state index in [1.54, 1.807) is 6.92 Å². The molecule has 0 spiro atoms. The molecule has 4 nitrogen and oxygen atoms in total. The number of β-amino-alcohol motifs (C(OH)–C–C–N with tert-alkyl or cyclic N) is 1. The predicted molar refractivity (Wildman–Crippen MR) is 55.1 cm³/mol. The van der Waals surface area contributed by atoms with Crippen molar-refractivity contribution in [3.63, 3.8) is 0 Å². The third-order valence-corrected chi connectivity index (χ3v) is 3.35. The highest BCUT2D eigenvalue weighted by Gasteiger charge is 2.55. The molecule has 0 bridgehead atoms. The van der Waals surface area contributed by atoms with Crippen LogP contribution in [0.1, 0.15) is 26.2 Å². The van der Waals surface area contributed by atoms with Crippen LogP contribution in [0.15, 0.2) is 12.3 Å². The second kappa shape index (κ2) is 3.52. The number of carbonyl (C=O) groups excluding carboxylic acids is 1. The van der Waals surface area contributed by atoms with Gasteiger partial charge in [-0.05, 0) is 19.8 Å². The fourth-order valence-corrected chi connectivity index (χ4v) is 2.67. The fourth-order valence-electron chi connectivity index (χ4n) is 2.67. The lowest BCUT2D eigenvalue weighted by Gasteiger charge is -2.30. The standard InChI is InChI=1S/C11H17NO3/c1-3-15-10(14)11-5-4-8(2)12(11)7-9(13)6-11/h9,13H,2-7H2,1H3. The van der Waals surface area contributed by atoms with Crippen LogP contribution in [0.2, 0.25) is 0 Å². The summed E-state index contributed by atoms with van der Waals surface area (Å²) < 4.78 is 5.09. The van der Waals surface area contributed by atoms with Crippen molar-refractivity contribution in [1.82, 2.24) is 4.90 Å². The molecule has 2 rings (SSSR count). The summed E-state index contributed by atoms with van der Waals surface area (Å²) in [6, 6.07) is 0. The van der Waals surface area contributed by atoms with E-state index in [0.29, 0.717) is 19.6 Å². The smallest absolute Gasteiger partial charge is 0.332 e. The minimum atomic E-state index is -0.619. The summed E-state index contributed by atoms with van der Waals surface area (Å²) in [5, 5.41) is 9.64. The first-order valence-electron chi connectivity index (χ1n) is 5.41. The van der Waals surface area contributed by atoms with Gasteiger partial charge >= 0.3 is 5.97 Å². The minimum Gasteiger partial charge on any atom is -0.464 e. The monoisotopic (exact) mass is 211 g/mol. The van der Waals surface area contributed by atoms with Gasteiger partial charge in [0.1, 0.15) is 5.54 Å². The lowest BCUT2D eigenvalue weighted by Crippen LogP contribution is -2.46. The van der Waals surface area contributed by atoms with Crippen molar-refractivity contribution in [2.75, 3.05) is 13.2 Å². The molecule has 0 saturated carbocycles. The van der Waals surface area contributed by atoms with E-state index < -0.39 is 11.6 Å². The third-order valence-electron chi connectivity index (χ3n) is 3.35. The van der Waals surface area contributed by atoms with Crippen molar-refractivity contribution in [1.29, 1.82) is 0 Å². The van der Waals surface area contributed by atoms with E-state index in [0.717, 1.165) is 18.5 Å². The first-order valence-corrected chi connectivity index (χ1v) is 5.41. The van der Waals surface area contributed by atoms with Gasteiger partial charge in [-0.2, -0.15) is 0 Å². The Morgan fingerprint density at radius 3 is 3.20 bits per heavy atom. The molecule has 4 heteroatoms. The summed E-state index contributed by atoms with van der Waals surface area (Å²) in [6.45, 7) is 6.62. The number of carbonyl (C=O) groups is 1. The van der Waals surface area contributed by atoms with Gasteiger partial charge in [0, 0.05) is 18.7 Å². The maximum atomic E-state index is 11.9. The normalized spacial score (nSPS) is 34.4. The van der Waals surface area contributed by atoms with Crippen molar-refractivity contribution in [3.05, 3.63) is 12.3 Å². The van der Waals surface area contributed by atoms with Crippen molar-refractivity contribution >= 4 is 5.97 Å². The second-order valence-corrected chi connectivity index (χ2v) is 4.29. The van der Waals surface area contributed by atoms with Crippen LogP contribution in [0.3, 0.4) is 0 Å². The van der Waals surface area contributed by atoms with Crippen LogP contribution in [0.25, 0.3) is 0 Å². The molecule has 2 fully saturated rings. The molecule has 2 aliphatic rings. The quantitative estimate of drug-likeness (QED) is 0.682. The Kier molecular flexibility index (Phi) is 2.46. The Balaban J connectivity index is 2.24. The van der Waals surface area contributed by atoms with E-state index in [4.69, 9.17) is 4.74 Å². The van der Waals surface area contributed by atoms with Crippen molar-refractivity contribution in [2.45, 2.75) is 37.8 Å². The molecule has 2 unspecified atom stereocenters. The summed E-state index contributed by atoms with van der Waals surface area (Å²) in [5.74, 6) is -0.208. The second-order valence-electron chi connectivity index (χ2n) is 4.29. The average molecular weight is 211 g/mol. The van der Waals surface area contributed by atoms with E-state index in [2.05, 4.69) is 6.58 Å². The number of fused-ring (bicyclic) bond motifs is 1. The molecule has 0 aliphatic carbocycles. The molecule has 1 N–H and O–H groups in total. The van der Waals surface area contributed by atoms with E-state index in [-0.39, 0.29) is 5.97 Å². The molecule has 0 aromatic heterocycles. The maximum Gasteiger partial charge on any atom is 0.332 e. The van der Waals surface area contributed by atoms with Gasteiger partial charge in [0.15, 0.2) is 0 Å². The largest absolute Gasteiger partial charge is 0.464 e. The lowest BCUT2D eigenvalue weighted by molar-refractivity contribution is -0.154. The Labute approximate surface area is 89.5 Å². The summed E-state index contributed by atoms with van der Waals surface area (Å²) in [6.07, 6.45) is 1.59. The molecule has 2 heterocycles. The molecule has 2 aliphatic heterocycles. The van der Waals surface area contributed by atoms with Crippen LogP contribution in [0, 0.1) is 0 Å². The molecule has 0 amide bonds. The topological polar surface area (TPSA) is 49.8 Å². The highest BCUT2D eigenvalue weighted by atomic mass is 16.5. The molecule has 0 aromatic rings. The van der Waals surface area contributed by atoms with Crippen LogP contribution in [0.4, 0.5) is 0 Å². The number of rotatable bonds is 2. The molecular weight excluding hydrogens is 194 g/mol. The fraction of sp³-hybridized carbons (Fsp3) is 0.727. The van der Waals surface area contributed by atoms with E-state index >= 15 is 0 Å². The zero-order valence-electron chi connectivity index (χ0n) is 9.03. The lowest BCUT2D eigenvalue weighted by atomic mass is 9.93. The first kappa shape index (κ1) is 10.5. The summed E-state index contributed by atoms with van der Waals surface area (Å²) in [5.41, 5.74) is 0.326. The number of hydrogen-bond donors (Lipinski definition) is 1. The number of hydrogen-bond acceptors (Lipinski definition) is 4. The predicted octanol–water partition coefficient (Wildman–Crippen LogP) is 0.662. The number of nitrogens with zero attached hydrogens (tertiary/aromatic N) is 1. The maximum absolute atomic E-state index is 11.9. The highest BCUT2D eigenvalue weighted by Crippen LogP contribution is 2.44. The van der Waals surface area contributed by atoms with Crippen molar-refractivity contribution in [2.24, 2.45) is 0 Å². The van der Waals surface area contributed by atoms with Gasteiger partial charge in [-0.25, -0.2) is 4.79 Å². The van der Waals surface area contributed by atoms with Gasteiger partial charge in [0.2, 0.25) is 0 Å². The Bertz CT molecular complexity index is 302. The molecule has 15 heavy (non-hydrogen) atoms. The van der Waals surface area contributed by atoms with E-state index in [9.17, 15) is 9.90 Å². The number of ether oxygens (including phenoxy) is 1. The molecule has 84 valence electrons. The van der Waals surface area contributed by atoms with E-state index in [1.165, 1.54) is 0 Å². The zero-order valence-corrected chi connectivity index (χ0v) is 9.03. The number of esters is 1. The van der Waals surface area contributed by atoms with Crippen LogP contribution in [0.5, 0.6) is 0 Å². The summed E-state index contributed by atoms with van der Waals surface area (Å²) in [7, 11) is 0. The van der Waals surface area contributed by atoms with Crippen LogP contribution < -0.4 is 0 Å². The van der Waals surface area contributed by atoms with E-state index in [1.807, 2.05) is 4.90 Å². The zero-order chi connectivity index (χ0) is 11.1. The van der Waals surface area contributed by atoms with Gasteiger partial charge in [-0.15, -0.1) is 0 Å². The highest BCUT2D eigenvalue weighted by molar-refractivity contribution is 5.82. The van der Waals surface area contributed by atoms with Gasteiger partial charge in [-0.1, -0.05) is 6.58 Å². The van der Waals surface area contributed by atoms with Crippen LogP contribution in [-0.2, 0) is 9.53 Å². The number of allylic oxidation sites excluding steroid dienone is 1. The SMILES string of the molecule is C=C1CCC2(C(=O)OCC)CC(O)CN12. The van der Waals surface area contributed by atoms with Gasteiger partial charge in [0.25, 0.3) is 0 Å². The first-order chi connectivity index (χ1) is 7.10. The number of aliphatic hydroxyl groups is 1. The van der Waals surface area contributed by atoms with Gasteiger partial charge in [0.05, 0.1) is 12.7 Å².